The Morgan fingerprint density at radius 2 is 2.36 bits per heavy atom. The van der Waals surface area contributed by atoms with Crippen LogP contribution in [0.1, 0.15) is 32.6 Å². The van der Waals surface area contributed by atoms with E-state index in [-0.39, 0.29) is 5.60 Å². The van der Waals surface area contributed by atoms with E-state index < -0.39 is 11.6 Å². The molecule has 1 N–H and O–H groups in total. The topological polar surface area (TPSA) is 49.8 Å². The van der Waals surface area contributed by atoms with E-state index in [0.29, 0.717) is 6.42 Å². The van der Waals surface area contributed by atoms with Gasteiger partial charge >= 0.3 is 5.97 Å². The van der Waals surface area contributed by atoms with Crippen molar-refractivity contribution >= 4 is 5.97 Å². The molecule has 3 heteroatoms. The van der Waals surface area contributed by atoms with Gasteiger partial charge < -0.3 is 9.84 Å². The minimum absolute atomic E-state index is 0.279. The predicted molar refractivity (Wildman–Crippen MR) is 38.3 cm³/mol. The number of hydrogen-bond acceptors (Lipinski definition) is 2. The standard InChI is InChI=1S/C8H12O3/c1-2-7-4-3-5-8(7,11-7)6(9)10/h2-5H2,1H3,(H,9,10). The van der Waals surface area contributed by atoms with Crippen LogP contribution in [0.15, 0.2) is 0 Å². The van der Waals surface area contributed by atoms with Gasteiger partial charge in [-0.2, -0.15) is 0 Å². The lowest BCUT2D eigenvalue weighted by atomic mass is 9.94. The van der Waals surface area contributed by atoms with E-state index in [1.165, 1.54) is 0 Å². The maximum atomic E-state index is 10.8. The molecule has 2 unspecified atom stereocenters. The number of ether oxygens (including phenoxy) is 1. The molecule has 2 fully saturated rings. The van der Waals surface area contributed by atoms with Crippen LogP contribution < -0.4 is 0 Å². The first-order valence-electron chi connectivity index (χ1n) is 4.10. The lowest BCUT2D eigenvalue weighted by Gasteiger charge is -2.03. The number of carboxylic acids is 1. The summed E-state index contributed by atoms with van der Waals surface area (Å²) >= 11 is 0. The van der Waals surface area contributed by atoms with Gasteiger partial charge in [0.05, 0.1) is 0 Å². The Labute approximate surface area is 65.4 Å². The van der Waals surface area contributed by atoms with Gasteiger partial charge in [0, 0.05) is 0 Å². The summed E-state index contributed by atoms with van der Waals surface area (Å²) in [5.74, 6) is -0.767. The van der Waals surface area contributed by atoms with Gasteiger partial charge in [-0.15, -0.1) is 0 Å². The fourth-order valence-electron chi connectivity index (χ4n) is 2.34. The van der Waals surface area contributed by atoms with Crippen LogP contribution in [0, 0.1) is 0 Å². The smallest absolute Gasteiger partial charge is 0.339 e. The molecule has 62 valence electrons. The molecular weight excluding hydrogens is 144 g/mol. The third-order valence-corrected chi connectivity index (χ3v) is 3.09. The number of carbonyl (C=O) groups is 1. The zero-order chi connectivity index (χ0) is 8.11. The number of fused-ring (bicyclic) bond motifs is 1. The SMILES string of the molecule is CCC12CCCC1(C(=O)O)O2. The molecule has 1 saturated heterocycles. The van der Waals surface area contributed by atoms with E-state index in [2.05, 4.69) is 0 Å². The summed E-state index contributed by atoms with van der Waals surface area (Å²) < 4.78 is 5.34. The fourth-order valence-corrected chi connectivity index (χ4v) is 2.34. The molecular formula is C8H12O3. The molecule has 11 heavy (non-hydrogen) atoms. The average molecular weight is 156 g/mol. The largest absolute Gasteiger partial charge is 0.479 e. The molecule has 0 bridgehead atoms. The van der Waals surface area contributed by atoms with E-state index in [0.717, 1.165) is 19.3 Å². The Bertz CT molecular complexity index is 213. The van der Waals surface area contributed by atoms with Crippen molar-refractivity contribution in [3.05, 3.63) is 0 Å². The minimum Gasteiger partial charge on any atom is -0.479 e. The lowest BCUT2D eigenvalue weighted by molar-refractivity contribution is -0.143. The molecule has 1 heterocycles. The van der Waals surface area contributed by atoms with Gasteiger partial charge in [0.2, 0.25) is 0 Å². The van der Waals surface area contributed by atoms with Crippen molar-refractivity contribution in [1.29, 1.82) is 0 Å². The van der Waals surface area contributed by atoms with Crippen molar-refractivity contribution in [1.82, 2.24) is 0 Å². The van der Waals surface area contributed by atoms with E-state index in [9.17, 15) is 4.79 Å². The maximum absolute atomic E-state index is 10.8. The highest BCUT2D eigenvalue weighted by Crippen LogP contribution is 2.61. The molecule has 0 aromatic carbocycles. The number of rotatable bonds is 2. The van der Waals surface area contributed by atoms with E-state index in [1.54, 1.807) is 0 Å². The van der Waals surface area contributed by atoms with Gasteiger partial charge in [0.1, 0.15) is 5.60 Å². The van der Waals surface area contributed by atoms with Gasteiger partial charge in [-0.3, -0.25) is 0 Å². The number of hydrogen-bond donors (Lipinski definition) is 1. The molecule has 0 radical (unpaired) electrons. The number of epoxide rings is 1. The molecule has 1 saturated carbocycles. The van der Waals surface area contributed by atoms with Gasteiger partial charge in [-0.1, -0.05) is 6.92 Å². The zero-order valence-electron chi connectivity index (χ0n) is 6.59. The zero-order valence-corrected chi connectivity index (χ0v) is 6.59. The van der Waals surface area contributed by atoms with Gasteiger partial charge in [-0.25, -0.2) is 4.79 Å². The molecule has 0 spiro atoms. The molecule has 0 aromatic heterocycles. The highest BCUT2D eigenvalue weighted by molar-refractivity contribution is 5.83. The van der Waals surface area contributed by atoms with Crippen molar-refractivity contribution in [2.45, 2.75) is 43.8 Å². The van der Waals surface area contributed by atoms with E-state index in [1.807, 2.05) is 6.92 Å². The fraction of sp³-hybridized carbons (Fsp3) is 0.875. The summed E-state index contributed by atoms with van der Waals surface area (Å²) in [5.41, 5.74) is -1.05. The van der Waals surface area contributed by atoms with E-state index in [4.69, 9.17) is 9.84 Å². The molecule has 2 atom stereocenters. The monoisotopic (exact) mass is 156 g/mol. The molecule has 2 aliphatic rings. The van der Waals surface area contributed by atoms with Crippen LogP contribution in [0.2, 0.25) is 0 Å². The Kier molecular flexibility index (Phi) is 1.15. The van der Waals surface area contributed by atoms with Crippen LogP contribution in [-0.4, -0.2) is 22.3 Å². The number of aliphatic carboxylic acids is 1. The summed E-state index contributed by atoms with van der Waals surface area (Å²) in [5, 5.41) is 8.89. The lowest BCUT2D eigenvalue weighted by Crippen LogP contribution is -2.28. The second-order valence-electron chi connectivity index (χ2n) is 3.44. The maximum Gasteiger partial charge on any atom is 0.339 e. The third kappa shape index (κ3) is 0.601. The van der Waals surface area contributed by atoms with Crippen LogP contribution in [0.5, 0.6) is 0 Å². The predicted octanol–water partition coefficient (Wildman–Crippen LogP) is 1.17. The van der Waals surface area contributed by atoms with Crippen molar-refractivity contribution < 1.29 is 14.6 Å². The molecule has 2 rings (SSSR count). The van der Waals surface area contributed by atoms with Gasteiger partial charge in [0.15, 0.2) is 5.60 Å². The molecule has 1 aliphatic heterocycles. The first kappa shape index (κ1) is 7.10. The first-order valence-corrected chi connectivity index (χ1v) is 4.10. The first-order chi connectivity index (χ1) is 5.17. The van der Waals surface area contributed by atoms with Crippen molar-refractivity contribution in [2.24, 2.45) is 0 Å². The van der Waals surface area contributed by atoms with Gasteiger partial charge in [-0.05, 0) is 25.7 Å². The normalized spacial score (nSPS) is 47.0. The Balaban J connectivity index is 2.25. The van der Waals surface area contributed by atoms with Crippen LogP contribution in [0.25, 0.3) is 0 Å². The molecule has 1 aliphatic carbocycles. The molecule has 0 amide bonds. The number of carboxylic acid groups (broad SMARTS) is 1. The van der Waals surface area contributed by atoms with Crippen LogP contribution >= 0.6 is 0 Å². The van der Waals surface area contributed by atoms with Crippen molar-refractivity contribution in [3.8, 4) is 0 Å². The highest BCUT2D eigenvalue weighted by atomic mass is 16.7. The quantitative estimate of drug-likeness (QED) is 0.610. The van der Waals surface area contributed by atoms with Crippen LogP contribution in [-0.2, 0) is 9.53 Å². The summed E-state index contributed by atoms with van der Waals surface area (Å²) in [6.07, 6.45) is 3.46. The Hall–Kier alpha value is -0.570. The minimum atomic E-state index is -0.776. The third-order valence-electron chi connectivity index (χ3n) is 3.09. The summed E-state index contributed by atoms with van der Waals surface area (Å²) in [6.45, 7) is 2.00. The Morgan fingerprint density at radius 3 is 2.73 bits per heavy atom. The summed E-state index contributed by atoms with van der Waals surface area (Å²) in [4.78, 5) is 10.8. The average Bonchev–Trinajstić information content (AvgIpc) is 2.52. The molecule has 3 nitrogen and oxygen atoms in total. The second-order valence-corrected chi connectivity index (χ2v) is 3.44. The Morgan fingerprint density at radius 1 is 1.64 bits per heavy atom. The van der Waals surface area contributed by atoms with E-state index >= 15 is 0 Å². The van der Waals surface area contributed by atoms with Gasteiger partial charge in [0.25, 0.3) is 0 Å². The summed E-state index contributed by atoms with van der Waals surface area (Å²) in [7, 11) is 0. The highest BCUT2D eigenvalue weighted by Gasteiger charge is 2.76. The van der Waals surface area contributed by atoms with Crippen molar-refractivity contribution in [2.75, 3.05) is 0 Å². The van der Waals surface area contributed by atoms with Crippen molar-refractivity contribution in [3.63, 3.8) is 0 Å². The van der Waals surface area contributed by atoms with Crippen LogP contribution in [0.3, 0.4) is 0 Å². The molecule has 0 aromatic rings. The van der Waals surface area contributed by atoms with Crippen LogP contribution in [0.4, 0.5) is 0 Å². The second kappa shape index (κ2) is 1.78. The summed E-state index contributed by atoms with van der Waals surface area (Å²) in [6, 6.07) is 0.